The van der Waals surface area contributed by atoms with Crippen LogP contribution in [-0.2, 0) is 20.5 Å². The van der Waals surface area contributed by atoms with Gasteiger partial charge in [0, 0.05) is 11.4 Å². The van der Waals surface area contributed by atoms with Gasteiger partial charge in [0.25, 0.3) is 0 Å². The molecule has 7 heteroatoms. The lowest BCUT2D eigenvalue weighted by Gasteiger charge is -2.38. The van der Waals surface area contributed by atoms with Crippen molar-refractivity contribution in [1.29, 1.82) is 0 Å². The van der Waals surface area contributed by atoms with Crippen molar-refractivity contribution < 1.29 is 18.5 Å². The molecule has 0 spiro atoms. The number of benzene rings is 1. The summed E-state index contributed by atoms with van der Waals surface area (Å²) in [5.41, 5.74) is 2.45. The van der Waals surface area contributed by atoms with E-state index < -0.39 is 24.4 Å². The van der Waals surface area contributed by atoms with Crippen molar-refractivity contribution in [1.82, 2.24) is 4.72 Å². The van der Waals surface area contributed by atoms with Crippen molar-refractivity contribution in [3.05, 3.63) is 34.9 Å². The molecule has 2 atom stereocenters. The topological polar surface area (TPSA) is 70.6 Å². The second-order valence-corrected chi connectivity index (χ2v) is 16.7. The van der Waals surface area contributed by atoms with Crippen LogP contribution in [0.25, 0.3) is 0 Å². The molecule has 0 radical (unpaired) electrons. The molecule has 0 saturated carbocycles. The fourth-order valence-corrected chi connectivity index (χ4v) is 4.23. The Kier molecular flexibility index (Phi) is 8.99. The molecule has 0 aliphatic heterocycles. The lowest BCUT2D eigenvalue weighted by Crippen LogP contribution is -2.46. The average molecular weight is 442 g/mol. The highest BCUT2D eigenvalue weighted by Gasteiger charge is 2.39. The zero-order valence-corrected chi connectivity index (χ0v) is 21.6. The molecule has 0 fully saturated rings. The average Bonchev–Trinajstić information content (AvgIpc) is 2.56. The van der Waals surface area contributed by atoms with E-state index in [9.17, 15) is 9.35 Å². The first-order valence-corrected chi connectivity index (χ1v) is 14.3. The molecular weight excluding hydrogens is 402 g/mol. The van der Waals surface area contributed by atoms with Crippen molar-refractivity contribution in [3.63, 3.8) is 0 Å². The Bertz CT molecular complexity index is 695. The Balaban J connectivity index is 3.18. The third kappa shape index (κ3) is 7.40. The van der Waals surface area contributed by atoms with Gasteiger partial charge in [-0.15, -0.1) is 4.72 Å². The van der Waals surface area contributed by atoms with Gasteiger partial charge in [0.05, 0.1) is 24.8 Å². The zero-order chi connectivity index (χ0) is 22.6. The molecule has 1 N–H and O–H groups in total. The predicted octanol–water partition coefficient (Wildman–Crippen LogP) is 5.29. The van der Waals surface area contributed by atoms with Gasteiger partial charge in [0.2, 0.25) is 0 Å². The molecule has 5 nitrogen and oxygen atoms in total. The van der Waals surface area contributed by atoms with Gasteiger partial charge < -0.3 is 13.7 Å². The quantitative estimate of drug-likeness (QED) is 0.337. The van der Waals surface area contributed by atoms with Crippen LogP contribution in [0, 0.1) is 6.92 Å². The highest BCUT2D eigenvalue weighted by Crippen LogP contribution is 2.37. The molecular formula is C22H39NO4SSi. The fraction of sp³-hybridized carbons (Fsp3) is 0.682. The van der Waals surface area contributed by atoms with Crippen LogP contribution in [0.2, 0.25) is 18.1 Å². The number of hydrogen-bond donors (Lipinski definition) is 1. The van der Waals surface area contributed by atoms with Gasteiger partial charge in [-0.05, 0) is 76.0 Å². The zero-order valence-electron chi connectivity index (χ0n) is 19.8. The van der Waals surface area contributed by atoms with E-state index in [-0.39, 0.29) is 17.0 Å². The summed E-state index contributed by atoms with van der Waals surface area (Å²) >= 11 is -1.25. The Morgan fingerprint density at radius 1 is 1.21 bits per heavy atom. The first-order chi connectivity index (χ1) is 13.1. The predicted molar refractivity (Wildman–Crippen MR) is 124 cm³/mol. The van der Waals surface area contributed by atoms with Crippen LogP contribution in [0.4, 0.5) is 0 Å². The van der Waals surface area contributed by atoms with Gasteiger partial charge in [-0.3, -0.25) is 0 Å². The normalized spacial score (nSPS) is 15.1. The summed E-state index contributed by atoms with van der Waals surface area (Å²) in [7, 11) is -1.97. The van der Waals surface area contributed by atoms with Crippen LogP contribution in [0.1, 0.15) is 76.0 Å². The minimum atomic E-state index is -1.97. The van der Waals surface area contributed by atoms with Crippen molar-refractivity contribution in [2.75, 3.05) is 13.2 Å². The van der Waals surface area contributed by atoms with E-state index in [4.69, 9.17) is 9.16 Å². The molecule has 0 aromatic heterocycles. The van der Waals surface area contributed by atoms with Crippen LogP contribution in [0.15, 0.2) is 18.2 Å². The molecule has 1 aromatic carbocycles. The summed E-state index contributed by atoms with van der Waals surface area (Å²) in [6.07, 6.45) is 0. The van der Waals surface area contributed by atoms with Crippen LogP contribution in [-0.4, -0.2) is 36.8 Å². The molecule has 0 aliphatic rings. The van der Waals surface area contributed by atoms with Gasteiger partial charge in [0.1, 0.15) is 4.75 Å². The SMILES string of the molecule is CCOC(=O)c1ccc(C(CO[Si](C)(C)C(C)(C)C)N[S@@+]([O-])C(C)(C)C)c(C)c1. The van der Waals surface area contributed by atoms with Gasteiger partial charge in [0.15, 0.2) is 8.32 Å². The number of ether oxygens (including phenoxy) is 1. The largest absolute Gasteiger partial charge is 0.598 e. The lowest BCUT2D eigenvalue weighted by molar-refractivity contribution is 0.0526. The minimum absolute atomic E-state index is 0.0868. The van der Waals surface area contributed by atoms with E-state index in [0.29, 0.717) is 18.8 Å². The third-order valence-corrected chi connectivity index (χ3v) is 11.5. The highest BCUT2D eigenvalue weighted by molar-refractivity contribution is 7.90. The van der Waals surface area contributed by atoms with Crippen molar-refractivity contribution >= 4 is 25.6 Å². The first kappa shape index (κ1) is 26.2. The lowest BCUT2D eigenvalue weighted by atomic mass is 10.00. The molecule has 1 unspecified atom stereocenters. The molecule has 166 valence electrons. The maximum atomic E-state index is 12.8. The summed E-state index contributed by atoms with van der Waals surface area (Å²) in [6, 6.07) is 5.27. The molecule has 0 aliphatic carbocycles. The molecule has 0 saturated heterocycles. The molecule has 1 aromatic rings. The van der Waals surface area contributed by atoms with E-state index in [1.165, 1.54) is 0 Å². The van der Waals surface area contributed by atoms with E-state index in [0.717, 1.165) is 11.1 Å². The molecule has 1 rings (SSSR count). The Morgan fingerprint density at radius 3 is 2.24 bits per heavy atom. The number of aryl methyl sites for hydroxylation is 1. The van der Waals surface area contributed by atoms with Crippen LogP contribution in [0.3, 0.4) is 0 Å². The van der Waals surface area contributed by atoms with Crippen LogP contribution < -0.4 is 4.72 Å². The van der Waals surface area contributed by atoms with Gasteiger partial charge in [-0.2, -0.15) is 0 Å². The summed E-state index contributed by atoms with van der Waals surface area (Å²) in [4.78, 5) is 12.0. The maximum absolute atomic E-state index is 12.8. The smallest absolute Gasteiger partial charge is 0.338 e. The molecule has 29 heavy (non-hydrogen) atoms. The maximum Gasteiger partial charge on any atom is 0.338 e. The number of rotatable bonds is 8. The monoisotopic (exact) mass is 441 g/mol. The molecule has 0 bridgehead atoms. The standard InChI is InChI=1S/C22H39NO4SSi/c1-11-26-20(24)17-12-13-18(16(2)14-17)19(23-28(25)21(3,4)5)15-27-29(9,10)22(6,7)8/h12-14,19,23H,11,15H2,1-10H3/t19?,28-/m0/s1. The van der Waals surface area contributed by atoms with E-state index in [2.05, 4.69) is 38.6 Å². The van der Waals surface area contributed by atoms with Gasteiger partial charge in [-0.25, -0.2) is 4.79 Å². The number of hydrogen-bond acceptors (Lipinski definition) is 5. The first-order valence-electron chi connectivity index (χ1n) is 10.2. The molecule has 0 amide bonds. The summed E-state index contributed by atoms with van der Waals surface area (Å²) in [6.45, 7) is 21.4. The number of nitrogens with one attached hydrogen (secondary N) is 1. The van der Waals surface area contributed by atoms with E-state index >= 15 is 0 Å². The number of esters is 1. The Labute approximate surface area is 181 Å². The summed E-state index contributed by atoms with van der Waals surface area (Å²) in [5, 5.41) is 0.0868. The van der Waals surface area contributed by atoms with Crippen molar-refractivity contribution in [2.24, 2.45) is 0 Å². The van der Waals surface area contributed by atoms with Gasteiger partial charge >= 0.3 is 5.97 Å². The third-order valence-electron chi connectivity index (χ3n) is 5.38. The van der Waals surface area contributed by atoms with Gasteiger partial charge in [-0.1, -0.05) is 26.8 Å². The van der Waals surface area contributed by atoms with Crippen molar-refractivity contribution in [3.8, 4) is 0 Å². The van der Waals surface area contributed by atoms with E-state index in [1.54, 1.807) is 13.0 Å². The van der Waals surface area contributed by atoms with Crippen molar-refractivity contribution in [2.45, 2.75) is 84.3 Å². The fourth-order valence-electron chi connectivity index (χ4n) is 2.41. The Hall–Kier alpha value is -0.863. The summed E-state index contributed by atoms with van der Waals surface area (Å²) in [5.74, 6) is -0.331. The minimum Gasteiger partial charge on any atom is -0.598 e. The summed E-state index contributed by atoms with van der Waals surface area (Å²) < 4.78 is 27.2. The second kappa shape index (κ2) is 9.96. The van der Waals surface area contributed by atoms with Crippen LogP contribution >= 0.6 is 0 Å². The second-order valence-electron chi connectivity index (χ2n) is 9.91. The molecule has 0 heterocycles. The van der Waals surface area contributed by atoms with E-state index in [1.807, 2.05) is 39.8 Å². The highest BCUT2D eigenvalue weighted by atomic mass is 32.2. The Morgan fingerprint density at radius 2 is 1.79 bits per heavy atom. The van der Waals surface area contributed by atoms with Crippen LogP contribution in [0.5, 0.6) is 0 Å². The number of carbonyl (C=O) groups excluding carboxylic acids is 1. The number of carbonyl (C=O) groups is 1.